The quantitative estimate of drug-likeness (QED) is 0.853. The van der Waals surface area contributed by atoms with Crippen molar-refractivity contribution in [1.82, 2.24) is 14.8 Å². The summed E-state index contributed by atoms with van der Waals surface area (Å²) in [6.07, 6.45) is 3.27. The van der Waals surface area contributed by atoms with E-state index in [2.05, 4.69) is 10.1 Å². The van der Waals surface area contributed by atoms with E-state index >= 15 is 0 Å². The molecule has 5 nitrogen and oxygen atoms in total. The Morgan fingerprint density at radius 2 is 2.24 bits per heavy atom. The third-order valence-corrected chi connectivity index (χ3v) is 2.39. The van der Waals surface area contributed by atoms with Crippen molar-refractivity contribution in [2.24, 2.45) is 0 Å². The molecule has 0 bridgehead atoms. The van der Waals surface area contributed by atoms with Crippen molar-refractivity contribution >= 4 is 5.78 Å². The van der Waals surface area contributed by atoms with Crippen LogP contribution in [0.25, 0.3) is 11.4 Å². The van der Waals surface area contributed by atoms with Crippen molar-refractivity contribution in [3.05, 3.63) is 36.2 Å². The average Bonchev–Trinajstić information content (AvgIpc) is 2.76. The molecule has 0 saturated carbocycles. The highest BCUT2D eigenvalue weighted by Gasteiger charge is 2.11. The van der Waals surface area contributed by atoms with Crippen LogP contribution in [0, 0.1) is 0 Å². The zero-order valence-electron chi connectivity index (χ0n) is 9.50. The van der Waals surface area contributed by atoms with Gasteiger partial charge in [-0.1, -0.05) is 6.07 Å². The predicted molar refractivity (Wildman–Crippen MR) is 62.1 cm³/mol. The lowest BCUT2D eigenvalue weighted by Crippen LogP contribution is -2.10. The third kappa shape index (κ3) is 2.39. The van der Waals surface area contributed by atoms with Crippen LogP contribution in [0.3, 0.4) is 0 Å². The summed E-state index contributed by atoms with van der Waals surface area (Å²) < 4.78 is 1.59. The number of aliphatic hydroxyl groups is 1. The summed E-state index contributed by atoms with van der Waals surface area (Å²) in [7, 11) is 0. The highest BCUT2D eigenvalue weighted by Crippen LogP contribution is 2.20. The van der Waals surface area contributed by atoms with Crippen molar-refractivity contribution in [3.63, 3.8) is 0 Å². The molecule has 5 heteroatoms. The molecule has 0 radical (unpaired) electrons. The van der Waals surface area contributed by atoms with Crippen LogP contribution in [0.15, 0.2) is 30.6 Å². The topological polar surface area (TPSA) is 68.0 Å². The molecule has 0 amide bonds. The first-order valence-electron chi connectivity index (χ1n) is 5.28. The van der Waals surface area contributed by atoms with E-state index in [-0.39, 0.29) is 18.9 Å². The average molecular weight is 231 g/mol. The van der Waals surface area contributed by atoms with E-state index in [1.807, 2.05) is 0 Å². The maximum atomic E-state index is 11.1. The second-order valence-corrected chi connectivity index (χ2v) is 3.75. The van der Waals surface area contributed by atoms with Gasteiger partial charge in [0.25, 0.3) is 0 Å². The third-order valence-electron chi connectivity index (χ3n) is 2.39. The van der Waals surface area contributed by atoms with E-state index in [0.29, 0.717) is 5.69 Å². The van der Waals surface area contributed by atoms with Gasteiger partial charge in [0, 0.05) is 18.0 Å². The lowest BCUT2D eigenvalue weighted by Gasteiger charge is -2.08. The van der Waals surface area contributed by atoms with Crippen LogP contribution in [0.2, 0.25) is 0 Å². The van der Waals surface area contributed by atoms with Crippen molar-refractivity contribution in [1.29, 1.82) is 0 Å². The molecule has 0 aromatic carbocycles. The van der Waals surface area contributed by atoms with Gasteiger partial charge in [0.1, 0.15) is 0 Å². The second kappa shape index (κ2) is 4.88. The SMILES string of the molecule is CC(=O)Cn1nccc1-c1ncccc1CO. The van der Waals surface area contributed by atoms with E-state index in [0.717, 1.165) is 11.3 Å². The standard InChI is InChI=1S/C12H13N3O2/c1-9(17)7-15-11(4-6-14-15)12-10(8-16)3-2-5-13-12/h2-6,16H,7-8H2,1H3. The minimum absolute atomic E-state index is 0.0245. The molecule has 2 aromatic rings. The van der Waals surface area contributed by atoms with Gasteiger partial charge in [0.15, 0.2) is 5.78 Å². The van der Waals surface area contributed by atoms with E-state index in [4.69, 9.17) is 0 Å². The minimum Gasteiger partial charge on any atom is -0.392 e. The number of Topliss-reactive ketones (excluding diaryl/α,β-unsaturated/α-hetero) is 1. The highest BCUT2D eigenvalue weighted by atomic mass is 16.3. The lowest BCUT2D eigenvalue weighted by atomic mass is 10.1. The first-order valence-corrected chi connectivity index (χ1v) is 5.28. The van der Waals surface area contributed by atoms with Crippen LogP contribution in [0.1, 0.15) is 12.5 Å². The number of aliphatic hydroxyl groups excluding tert-OH is 1. The highest BCUT2D eigenvalue weighted by molar-refractivity contribution is 5.76. The molecule has 17 heavy (non-hydrogen) atoms. The fourth-order valence-corrected chi connectivity index (χ4v) is 1.67. The molecule has 88 valence electrons. The number of nitrogens with zero attached hydrogens (tertiary/aromatic N) is 3. The molecular weight excluding hydrogens is 218 g/mol. The summed E-state index contributed by atoms with van der Waals surface area (Å²) in [6.45, 7) is 1.63. The summed E-state index contributed by atoms with van der Waals surface area (Å²) >= 11 is 0. The van der Waals surface area contributed by atoms with Crippen molar-refractivity contribution in [3.8, 4) is 11.4 Å². The Bertz CT molecular complexity index is 534. The number of rotatable bonds is 4. The summed E-state index contributed by atoms with van der Waals surface area (Å²) in [6, 6.07) is 5.35. The van der Waals surface area contributed by atoms with E-state index < -0.39 is 0 Å². The van der Waals surface area contributed by atoms with Crippen LogP contribution < -0.4 is 0 Å². The summed E-state index contributed by atoms with van der Waals surface area (Å²) in [4.78, 5) is 15.3. The summed E-state index contributed by atoms with van der Waals surface area (Å²) in [5.74, 6) is 0.0245. The van der Waals surface area contributed by atoms with E-state index in [1.165, 1.54) is 6.92 Å². The fourth-order valence-electron chi connectivity index (χ4n) is 1.67. The van der Waals surface area contributed by atoms with Gasteiger partial charge in [0.2, 0.25) is 0 Å². The molecular formula is C12H13N3O2. The number of hydrogen-bond acceptors (Lipinski definition) is 4. The Morgan fingerprint density at radius 1 is 1.41 bits per heavy atom. The normalized spacial score (nSPS) is 10.5. The summed E-state index contributed by atoms with van der Waals surface area (Å²) in [5, 5.41) is 13.3. The number of pyridine rings is 1. The van der Waals surface area contributed by atoms with Gasteiger partial charge < -0.3 is 5.11 Å². The molecule has 0 aliphatic carbocycles. The fraction of sp³-hybridized carbons (Fsp3) is 0.250. The zero-order valence-corrected chi connectivity index (χ0v) is 9.50. The van der Waals surface area contributed by atoms with E-state index in [1.54, 1.807) is 35.3 Å². The van der Waals surface area contributed by atoms with Crippen LogP contribution in [0.5, 0.6) is 0 Å². The first kappa shape index (κ1) is 11.5. The molecule has 2 rings (SSSR count). The molecule has 0 spiro atoms. The molecule has 1 N–H and O–H groups in total. The number of carbonyl (C=O) groups excluding carboxylic acids is 1. The molecule has 0 aliphatic rings. The maximum absolute atomic E-state index is 11.1. The van der Waals surface area contributed by atoms with Gasteiger partial charge in [-0.2, -0.15) is 5.10 Å². The van der Waals surface area contributed by atoms with Crippen molar-refractivity contribution < 1.29 is 9.90 Å². The van der Waals surface area contributed by atoms with Gasteiger partial charge >= 0.3 is 0 Å². The molecule has 2 aromatic heterocycles. The number of aromatic nitrogens is 3. The number of carbonyl (C=O) groups is 1. The van der Waals surface area contributed by atoms with Crippen LogP contribution in [-0.2, 0) is 17.9 Å². The van der Waals surface area contributed by atoms with Crippen molar-refractivity contribution in [2.75, 3.05) is 0 Å². The zero-order chi connectivity index (χ0) is 12.3. The van der Waals surface area contributed by atoms with Gasteiger partial charge in [-0.15, -0.1) is 0 Å². The molecule has 0 saturated heterocycles. The molecule has 0 unspecified atom stereocenters. The van der Waals surface area contributed by atoms with Gasteiger partial charge in [-0.3, -0.25) is 14.5 Å². The monoisotopic (exact) mass is 231 g/mol. The Hall–Kier alpha value is -2.01. The molecule has 0 aliphatic heterocycles. The molecule has 2 heterocycles. The second-order valence-electron chi connectivity index (χ2n) is 3.75. The van der Waals surface area contributed by atoms with Crippen molar-refractivity contribution in [2.45, 2.75) is 20.1 Å². The van der Waals surface area contributed by atoms with Gasteiger partial charge in [0.05, 0.1) is 24.5 Å². The van der Waals surface area contributed by atoms with Crippen LogP contribution in [-0.4, -0.2) is 25.7 Å². The van der Waals surface area contributed by atoms with Gasteiger partial charge in [-0.05, 0) is 19.1 Å². The molecule has 0 fully saturated rings. The Kier molecular flexibility index (Phi) is 3.30. The van der Waals surface area contributed by atoms with Crippen LogP contribution >= 0.6 is 0 Å². The van der Waals surface area contributed by atoms with E-state index in [9.17, 15) is 9.90 Å². The number of ketones is 1. The minimum atomic E-state index is -0.0889. The number of hydrogen-bond donors (Lipinski definition) is 1. The Morgan fingerprint density at radius 3 is 2.94 bits per heavy atom. The largest absolute Gasteiger partial charge is 0.392 e. The maximum Gasteiger partial charge on any atom is 0.151 e. The Balaban J connectivity index is 2.46. The van der Waals surface area contributed by atoms with Crippen LogP contribution in [0.4, 0.5) is 0 Å². The predicted octanol–water partition coefficient (Wildman–Crippen LogP) is 1.03. The summed E-state index contributed by atoms with van der Waals surface area (Å²) in [5.41, 5.74) is 2.12. The smallest absolute Gasteiger partial charge is 0.151 e. The first-order chi connectivity index (χ1) is 8.22. The van der Waals surface area contributed by atoms with Gasteiger partial charge in [-0.25, -0.2) is 0 Å². The lowest BCUT2D eigenvalue weighted by molar-refractivity contribution is -0.117. The Labute approximate surface area is 98.7 Å². The molecule has 0 atom stereocenters.